The number of nitrogens with one attached hydrogen (secondary N) is 2. The summed E-state index contributed by atoms with van der Waals surface area (Å²) in [7, 11) is 0. The van der Waals surface area contributed by atoms with Gasteiger partial charge in [0.25, 0.3) is 11.8 Å². The fourth-order valence-corrected chi connectivity index (χ4v) is 6.98. The highest BCUT2D eigenvalue weighted by atomic mass is 16.5. The smallest absolute Gasteiger partial charge is 0.254 e. The maximum absolute atomic E-state index is 13.2. The van der Waals surface area contributed by atoms with Crippen LogP contribution in [-0.2, 0) is 9.53 Å². The van der Waals surface area contributed by atoms with Gasteiger partial charge in [-0.15, -0.1) is 0 Å². The number of rotatable bonds is 4. The summed E-state index contributed by atoms with van der Waals surface area (Å²) in [5, 5.41) is 0. The van der Waals surface area contributed by atoms with Crippen molar-refractivity contribution in [2.75, 3.05) is 19.7 Å². The molecule has 5 heterocycles. The standard InChI is InChI=1S/C36H34N6O3/c43-35(25-7-2-1-3-8-25)41-18-4-9-30(41)33-37-26-16-14-23(21-28(26)39-33)12-13-24-15-17-27-29(22-24)40-34(38-27)31-10-5-19-42(31)36(44)32-11-6-20-45-32/h1-3,7-8,14-17,21-22,30-32H,4-6,9-11,18-20H2,(H,37,39)(H,38,40)/t30-,31-,32+/m0/s1. The van der Waals surface area contributed by atoms with Gasteiger partial charge in [0.15, 0.2) is 0 Å². The molecule has 0 aliphatic carbocycles. The normalized spacial score (nSPS) is 21.5. The minimum absolute atomic E-state index is 0.0406. The number of fused-ring (bicyclic) bond motifs is 2. The van der Waals surface area contributed by atoms with E-state index >= 15 is 0 Å². The number of likely N-dealkylation sites (tertiary alicyclic amines) is 2. The molecule has 9 nitrogen and oxygen atoms in total. The Morgan fingerprint density at radius 3 is 2.20 bits per heavy atom. The van der Waals surface area contributed by atoms with Crippen LogP contribution in [0.15, 0.2) is 66.7 Å². The summed E-state index contributed by atoms with van der Waals surface area (Å²) in [6.45, 7) is 2.13. The molecule has 0 bridgehead atoms. The zero-order valence-corrected chi connectivity index (χ0v) is 25.0. The number of hydrogen-bond acceptors (Lipinski definition) is 5. The summed E-state index contributed by atoms with van der Waals surface area (Å²) >= 11 is 0. The van der Waals surface area contributed by atoms with Gasteiger partial charge in [-0.2, -0.15) is 0 Å². The van der Waals surface area contributed by atoms with E-state index in [1.807, 2.05) is 76.5 Å². The highest BCUT2D eigenvalue weighted by molar-refractivity contribution is 5.94. The Morgan fingerprint density at radius 2 is 1.42 bits per heavy atom. The number of aromatic amines is 2. The van der Waals surface area contributed by atoms with E-state index in [9.17, 15) is 9.59 Å². The minimum atomic E-state index is -0.314. The minimum Gasteiger partial charge on any atom is -0.368 e. The first-order valence-electron chi connectivity index (χ1n) is 15.9. The number of benzene rings is 3. The molecular weight excluding hydrogens is 564 g/mol. The zero-order chi connectivity index (χ0) is 30.3. The third kappa shape index (κ3) is 5.25. The number of carbonyl (C=O) groups excluding carboxylic acids is 2. The van der Waals surface area contributed by atoms with E-state index in [0.29, 0.717) is 12.2 Å². The summed E-state index contributed by atoms with van der Waals surface area (Å²) in [6.07, 6.45) is 5.11. The van der Waals surface area contributed by atoms with Crippen molar-refractivity contribution in [3.8, 4) is 11.8 Å². The van der Waals surface area contributed by atoms with Crippen molar-refractivity contribution < 1.29 is 14.3 Å². The summed E-state index contributed by atoms with van der Waals surface area (Å²) in [5.41, 5.74) is 5.98. The van der Waals surface area contributed by atoms with Gasteiger partial charge in [0.1, 0.15) is 17.8 Å². The van der Waals surface area contributed by atoms with E-state index in [0.717, 1.165) is 96.5 Å². The van der Waals surface area contributed by atoms with Crippen LogP contribution < -0.4 is 0 Å². The number of imidazole rings is 2. The van der Waals surface area contributed by atoms with Crippen LogP contribution in [0.5, 0.6) is 0 Å². The van der Waals surface area contributed by atoms with Gasteiger partial charge in [-0.05, 0) is 87.1 Å². The van der Waals surface area contributed by atoms with E-state index in [1.165, 1.54) is 0 Å². The van der Waals surface area contributed by atoms with Crippen molar-refractivity contribution in [3.05, 3.63) is 95.1 Å². The van der Waals surface area contributed by atoms with E-state index in [4.69, 9.17) is 14.7 Å². The van der Waals surface area contributed by atoms with Crippen molar-refractivity contribution in [2.24, 2.45) is 0 Å². The predicted molar refractivity (Wildman–Crippen MR) is 170 cm³/mol. The second kappa shape index (κ2) is 11.5. The number of carbonyl (C=O) groups is 2. The van der Waals surface area contributed by atoms with E-state index < -0.39 is 0 Å². The number of amides is 2. The molecule has 45 heavy (non-hydrogen) atoms. The van der Waals surface area contributed by atoms with Gasteiger partial charge >= 0.3 is 0 Å². The summed E-state index contributed by atoms with van der Waals surface area (Å²) in [4.78, 5) is 46.8. The molecular formula is C36H34N6O3. The van der Waals surface area contributed by atoms with Crippen molar-refractivity contribution in [3.63, 3.8) is 0 Å². The first-order chi connectivity index (χ1) is 22.1. The van der Waals surface area contributed by atoms with E-state index in [1.54, 1.807) is 0 Å². The number of H-pyrrole nitrogens is 2. The van der Waals surface area contributed by atoms with Gasteiger partial charge in [-0.3, -0.25) is 9.59 Å². The van der Waals surface area contributed by atoms with Gasteiger partial charge in [-0.25, -0.2) is 9.97 Å². The molecule has 3 atom stereocenters. The summed E-state index contributed by atoms with van der Waals surface area (Å²) < 4.78 is 5.67. The lowest BCUT2D eigenvalue weighted by Crippen LogP contribution is -2.38. The van der Waals surface area contributed by atoms with Crippen LogP contribution in [0.1, 0.15) is 83.7 Å². The number of aromatic nitrogens is 4. The van der Waals surface area contributed by atoms with Gasteiger partial charge in [-0.1, -0.05) is 30.0 Å². The third-order valence-corrected chi connectivity index (χ3v) is 9.26. The molecule has 2 amide bonds. The van der Waals surface area contributed by atoms with Crippen LogP contribution >= 0.6 is 0 Å². The maximum atomic E-state index is 13.2. The van der Waals surface area contributed by atoms with Crippen LogP contribution in [0.2, 0.25) is 0 Å². The molecule has 5 aromatic rings. The Kier molecular flexibility index (Phi) is 7.07. The fraction of sp³-hybridized carbons (Fsp3) is 0.333. The number of ether oxygens (including phenoxy) is 1. The van der Waals surface area contributed by atoms with Gasteiger partial charge in [0.2, 0.25) is 0 Å². The van der Waals surface area contributed by atoms with Crippen LogP contribution in [0.25, 0.3) is 22.1 Å². The van der Waals surface area contributed by atoms with Gasteiger partial charge in [0, 0.05) is 36.4 Å². The lowest BCUT2D eigenvalue weighted by molar-refractivity contribution is -0.142. The highest BCUT2D eigenvalue weighted by Gasteiger charge is 2.37. The average molecular weight is 599 g/mol. The quantitative estimate of drug-likeness (QED) is 0.260. The molecule has 3 aliphatic heterocycles. The molecule has 9 heteroatoms. The van der Waals surface area contributed by atoms with Crippen LogP contribution in [-0.4, -0.2) is 67.4 Å². The highest BCUT2D eigenvalue weighted by Crippen LogP contribution is 2.34. The molecule has 0 radical (unpaired) electrons. The molecule has 0 unspecified atom stereocenters. The third-order valence-electron chi connectivity index (χ3n) is 9.26. The first-order valence-corrected chi connectivity index (χ1v) is 15.9. The molecule has 0 saturated carbocycles. The monoisotopic (exact) mass is 598 g/mol. The summed E-state index contributed by atoms with van der Waals surface area (Å²) in [5.74, 6) is 8.35. The van der Waals surface area contributed by atoms with Crippen LogP contribution in [0.4, 0.5) is 0 Å². The first kappa shape index (κ1) is 27.6. The van der Waals surface area contributed by atoms with E-state index in [-0.39, 0.29) is 30.0 Å². The molecule has 3 saturated heterocycles. The second-order valence-corrected chi connectivity index (χ2v) is 12.2. The van der Waals surface area contributed by atoms with Gasteiger partial charge in [0.05, 0.1) is 34.2 Å². The largest absolute Gasteiger partial charge is 0.368 e. The maximum Gasteiger partial charge on any atom is 0.254 e. The van der Waals surface area contributed by atoms with Gasteiger partial charge < -0.3 is 24.5 Å². The van der Waals surface area contributed by atoms with Crippen molar-refractivity contribution >= 4 is 33.9 Å². The number of hydrogen-bond donors (Lipinski definition) is 2. The van der Waals surface area contributed by atoms with Crippen molar-refractivity contribution in [1.29, 1.82) is 0 Å². The van der Waals surface area contributed by atoms with E-state index in [2.05, 4.69) is 21.8 Å². The number of nitrogens with zero attached hydrogens (tertiary/aromatic N) is 4. The molecule has 3 fully saturated rings. The Morgan fingerprint density at radius 1 is 0.733 bits per heavy atom. The molecule has 8 rings (SSSR count). The average Bonchev–Trinajstić information content (AvgIpc) is 3.91. The molecule has 0 spiro atoms. The zero-order valence-electron chi connectivity index (χ0n) is 25.0. The summed E-state index contributed by atoms with van der Waals surface area (Å²) in [6, 6.07) is 21.3. The van der Waals surface area contributed by atoms with Crippen molar-refractivity contribution in [2.45, 2.75) is 56.7 Å². The second-order valence-electron chi connectivity index (χ2n) is 12.2. The van der Waals surface area contributed by atoms with Crippen molar-refractivity contribution in [1.82, 2.24) is 29.7 Å². The Labute approximate surface area is 261 Å². The molecule has 2 N–H and O–H groups in total. The van der Waals surface area contributed by atoms with Crippen LogP contribution in [0, 0.1) is 11.8 Å². The predicted octanol–water partition coefficient (Wildman–Crippen LogP) is 5.66. The lowest BCUT2D eigenvalue weighted by atomic mass is 10.1. The molecule has 2 aromatic heterocycles. The molecule has 3 aliphatic rings. The topological polar surface area (TPSA) is 107 Å². The Bertz CT molecular complexity index is 1960. The molecule has 226 valence electrons. The lowest BCUT2D eigenvalue weighted by Gasteiger charge is -2.25. The Balaban J connectivity index is 1.00. The Hall–Kier alpha value is -4.94. The SMILES string of the molecule is O=C(c1ccccc1)N1CCC[C@H]1c1nc2ccc(C#Cc3ccc4[nH]c([C@@H]5CCCN5C(=O)[C@H]5CCCO5)nc4c3)cc2[nH]1. The van der Waals surface area contributed by atoms with Crippen LogP contribution in [0.3, 0.4) is 0 Å². The molecule has 3 aromatic carbocycles. The fourth-order valence-electron chi connectivity index (χ4n) is 6.98.